The molecular formula is C25H33N5O2. The fourth-order valence-electron chi connectivity index (χ4n) is 3.49. The van der Waals surface area contributed by atoms with E-state index in [-0.39, 0.29) is 23.9 Å². The summed E-state index contributed by atoms with van der Waals surface area (Å²) in [5.74, 6) is -0.378. The summed E-state index contributed by atoms with van der Waals surface area (Å²) >= 11 is 0. The minimum Gasteiger partial charge on any atom is -0.350 e. The molecule has 0 aliphatic carbocycles. The molecular weight excluding hydrogens is 402 g/mol. The number of hydrogen-bond donors (Lipinski definition) is 3. The van der Waals surface area contributed by atoms with Crippen LogP contribution in [-0.4, -0.2) is 51.9 Å². The highest BCUT2D eigenvalue weighted by molar-refractivity contribution is 5.90. The van der Waals surface area contributed by atoms with Crippen molar-refractivity contribution in [2.75, 3.05) is 7.05 Å². The number of aromatic nitrogens is 2. The van der Waals surface area contributed by atoms with E-state index in [1.807, 2.05) is 82.2 Å². The first kappa shape index (κ1) is 23.5. The lowest BCUT2D eigenvalue weighted by Gasteiger charge is -2.29. The quantitative estimate of drug-likeness (QED) is 0.482. The van der Waals surface area contributed by atoms with E-state index < -0.39 is 6.04 Å². The number of likely N-dealkylation sites (N-methyl/N-ethyl adjacent to an activating group) is 1. The molecule has 3 N–H and O–H groups in total. The van der Waals surface area contributed by atoms with Gasteiger partial charge in [0.1, 0.15) is 11.7 Å². The average molecular weight is 436 g/mol. The van der Waals surface area contributed by atoms with Crippen molar-refractivity contribution >= 4 is 22.8 Å². The summed E-state index contributed by atoms with van der Waals surface area (Å²) < 4.78 is 0. The van der Waals surface area contributed by atoms with E-state index in [2.05, 4.69) is 20.6 Å². The summed E-state index contributed by atoms with van der Waals surface area (Å²) in [5.41, 5.74) is 3.86. The molecule has 32 heavy (non-hydrogen) atoms. The smallest absolute Gasteiger partial charge is 0.243 e. The number of aryl methyl sites for hydroxylation is 1. The highest BCUT2D eigenvalue weighted by atomic mass is 16.2. The predicted octanol–water partition coefficient (Wildman–Crippen LogP) is 2.94. The summed E-state index contributed by atoms with van der Waals surface area (Å²) in [6.45, 7) is 8.29. The van der Waals surface area contributed by atoms with E-state index in [1.165, 1.54) is 0 Å². The molecule has 2 aromatic heterocycles. The van der Waals surface area contributed by atoms with Crippen LogP contribution in [0.5, 0.6) is 0 Å². The van der Waals surface area contributed by atoms with Gasteiger partial charge >= 0.3 is 0 Å². The number of H-pyrrole nitrogens is 1. The van der Waals surface area contributed by atoms with Gasteiger partial charge in [-0.25, -0.2) is 4.98 Å². The van der Waals surface area contributed by atoms with Gasteiger partial charge in [-0.3, -0.25) is 14.5 Å². The highest BCUT2D eigenvalue weighted by Crippen LogP contribution is 2.12. The standard InChI is InChI=1S/C25H33N5O2/c1-16(2)30(5)18(4)24(31)29-22(13-19-8-6-17(3)7-9-19)25(32)28-15-20-12-21-10-11-26-23(21)27-14-20/h6-12,14,16,18,22H,13,15H2,1-5H3,(H,26,27)(H,28,32)(H,29,31)/t18?,22-/m0/s1. The van der Waals surface area contributed by atoms with E-state index in [9.17, 15) is 9.59 Å². The molecule has 0 saturated heterocycles. The number of aromatic amines is 1. The fourth-order valence-corrected chi connectivity index (χ4v) is 3.49. The number of carbonyl (C=O) groups is 2. The van der Waals surface area contributed by atoms with Gasteiger partial charge in [-0.1, -0.05) is 29.8 Å². The first-order valence-electron chi connectivity index (χ1n) is 11.0. The monoisotopic (exact) mass is 435 g/mol. The van der Waals surface area contributed by atoms with Crippen molar-refractivity contribution in [1.82, 2.24) is 25.5 Å². The zero-order chi connectivity index (χ0) is 23.3. The molecule has 0 bridgehead atoms. The van der Waals surface area contributed by atoms with Crippen molar-refractivity contribution in [1.29, 1.82) is 0 Å². The van der Waals surface area contributed by atoms with Crippen molar-refractivity contribution in [2.45, 2.75) is 58.8 Å². The van der Waals surface area contributed by atoms with Gasteiger partial charge in [-0.2, -0.15) is 0 Å². The molecule has 0 aliphatic rings. The van der Waals surface area contributed by atoms with Crippen LogP contribution in [-0.2, 0) is 22.6 Å². The molecule has 0 fully saturated rings. The SMILES string of the molecule is Cc1ccc(C[C@H](NC(=O)C(C)N(C)C(C)C)C(=O)NCc2cnc3[nH]ccc3c2)cc1. The molecule has 0 spiro atoms. The summed E-state index contributed by atoms with van der Waals surface area (Å²) in [6, 6.07) is 11.2. The van der Waals surface area contributed by atoms with Gasteiger partial charge in [0, 0.05) is 36.8 Å². The number of fused-ring (bicyclic) bond motifs is 1. The van der Waals surface area contributed by atoms with Crippen LogP contribution in [0.3, 0.4) is 0 Å². The van der Waals surface area contributed by atoms with E-state index in [0.717, 1.165) is 27.7 Å². The summed E-state index contributed by atoms with van der Waals surface area (Å²) in [6.07, 6.45) is 4.00. The van der Waals surface area contributed by atoms with E-state index in [4.69, 9.17) is 0 Å². The molecule has 1 unspecified atom stereocenters. The Morgan fingerprint density at radius 2 is 1.78 bits per heavy atom. The molecule has 7 nitrogen and oxygen atoms in total. The third-order valence-electron chi connectivity index (χ3n) is 5.92. The molecule has 1 aromatic carbocycles. The number of carbonyl (C=O) groups excluding carboxylic acids is 2. The lowest BCUT2D eigenvalue weighted by Crippen LogP contribution is -2.53. The van der Waals surface area contributed by atoms with E-state index >= 15 is 0 Å². The Balaban J connectivity index is 1.71. The number of nitrogens with one attached hydrogen (secondary N) is 3. The van der Waals surface area contributed by atoms with Crippen LogP contribution in [0.1, 0.15) is 37.5 Å². The number of hydrogen-bond acceptors (Lipinski definition) is 4. The zero-order valence-corrected chi connectivity index (χ0v) is 19.5. The van der Waals surface area contributed by atoms with Crippen molar-refractivity contribution in [3.63, 3.8) is 0 Å². The maximum absolute atomic E-state index is 13.1. The minimum absolute atomic E-state index is 0.163. The molecule has 0 saturated carbocycles. The topological polar surface area (TPSA) is 90.1 Å². The number of pyridine rings is 1. The zero-order valence-electron chi connectivity index (χ0n) is 19.5. The van der Waals surface area contributed by atoms with Gasteiger partial charge in [-0.15, -0.1) is 0 Å². The number of benzene rings is 1. The third kappa shape index (κ3) is 5.95. The third-order valence-corrected chi connectivity index (χ3v) is 5.92. The summed E-state index contributed by atoms with van der Waals surface area (Å²) in [4.78, 5) is 35.4. The Hall–Kier alpha value is -3.19. The maximum atomic E-state index is 13.1. The highest BCUT2D eigenvalue weighted by Gasteiger charge is 2.26. The van der Waals surface area contributed by atoms with Crippen LogP contribution in [0, 0.1) is 6.92 Å². The Kier molecular flexibility index (Phi) is 7.64. The van der Waals surface area contributed by atoms with Crippen LogP contribution in [0.4, 0.5) is 0 Å². The van der Waals surface area contributed by atoms with Gasteiger partial charge in [0.2, 0.25) is 11.8 Å². The van der Waals surface area contributed by atoms with E-state index in [1.54, 1.807) is 6.20 Å². The number of nitrogens with zero attached hydrogens (tertiary/aromatic N) is 2. The minimum atomic E-state index is -0.669. The van der Waals surface area contributed by atoms with Gasteiger partial charge in [-0.05, 0) is 58.0 Å². The molecule has 0 aliphatic heterocycles. The molecule has 3 aromatic rings. The van der Waals surface area contributed by atoms with Crippen LogP contribution >= 0.6 is 0 Å². The Morgan fingerprint density at radius 1 is 1.06 bits per heavy atom. The molecule has 7 heteroatoms. The molecule has 2 heterocycles. The Bertz CT molecular complexity index is 1060. The summed E-state index contributed by atoms with van der Waals surface area (Å²) in [7, 11) is 1.91. The largest absolute Gasteiger partial charge is 0.350 e. The van der Waals surface area contributed by atoms with Crippen LogP contribution in [0.2, 0.25) is 0 Å². The lowest BCUT2D eigenvalue weighted by molar-refractivity contribution is -0.131. The van der Waals surface area contributed by atoms with Crippen molar-refractivity contribution in [3.8, 4) is 0 Å². The van der Waals surface area contributed by atoms with Crippen LogP contribution < -0.4 is 10.6 Å². The Morgan fingerprint density at radius 3 is 2.47 bits per heavy atom. The fraction of sp³-hybridized carbons (Fsp3) is 0.400. The van der Waals surface area contributed by atoms with E-state index in [0.29, 0.717) is 13.0 Å². The first-order valence-corrected chi connectivity index (χ1v) is 11.0. The van der Waals surface area contributed by atoms with Crippen molar-refractivity contribution in [2.24, 2.45) is 0 Å². The second-order valence-electron chi connectivity index (χ2n) is 8.66. The Labute approximate surface area is 189 Å². The van der Waals surface area contributed by atoms with Gasteiger partial charge in [0.25, 0.3) is 0 Å². The van der Waals surface area contributed by atoms with Crippen molar-refractivity contribution in [3.05, 3.63) is 65.5 Å². The number of rotatable bonds is 9. The molecule has 2 atom stereocenters. The van der Waals surface area contributed by atoms with Gasteiger partial charge in [0.05, 0.1) is 6.04 Å². The molecule has 2 amide bonds. The van der Waals surface area contributed by atoms with Gasteiger partial charge in [0.15, 0.2) is 0 Å². The van der Waals surface area contributed by atoms with Gasteiger partial charge < -0.3 is 15.6 Å². The normalized spacial score (nSPS) is 13.3. The second kappa shape index (κ2) is 10.4. The number of amides is 2. The van der Waals surface area contributed by atoms with Crippen LogP contribution in [0.25, 0.3) is 11.0 Å². The second-order valence-corrected chi connectivity index (χ2v) is 8.66. The molecule has 3 rings (SSSR count). The molecule has 170 valence electrons. The lowest BCUT2D eigenvalue weighted by atomic mass is 10.0. The molecule has 0 radical (unpaired) electrons. The maximum Gasteiger partial charge on any atom is 0.243 e. The van der Waals surface area contributed by atoms with Crippen molar-refractivity contribution < 1.29 is 9.59 Å². The summed E-state index contributed by atoms with van der Waals surface area (Å²) in [5, 5.41) is 6.92. The van der Waals surface area contributed by atoms with Crippen LogP contribution in [0.15, 0.2) is 48.8 Å². The first-order chi connectivity index (χ1) is 15.2. The average Bonchev–Trinajstić information content (AvgIpc) is 3.25. The predicted molar refractivity (Wildman–Crippen MR) is 127 cm³/mol.